The number of rotatable bonds is 10. The number of nitrogens with zero attached hydrogens (tertiary/aromatic N) is 1. The van der Waals surface area contributed by atoms with E-state index in [1.54, 1.807) is 24.3 Å². The van der Waals surface area contributed by atoms with Crippen molar-refractivity contribution in [3.05, 3.63) is 47.2 Å². The maximum absolute atomic E-state index is 12.4. The van der Waals surface area contributed by atoms with Crippen LogP contribution >= 0.6 is 0 Å². The standard InChI is InChI=1S/C24H33NO5/c1-16(23(27)30-24(4,5)6)8-7-9-22(26)19-10-12-20(13-11-19)28-15-14-21-17(2)29-18(3)25-21/h10-13,16H,7-9,14-15H2,1-6H3/t16-/m0/s1. The molecule has 0 radical (unpaired) electrons. The van der Waals surface area contributed by atoms with Gasteiger partial charge in [0.25, 0.3) is 0 Å². The number of hydrogen-bond acceptors (Lipinski definition) is 6. The molecule has 6 nitrogen and oxygen atoms in total. The van der Waals surface area contributed by atoms with Crippen molar-refractivity contribution in [2.45, 2.75) is 72.8 Å². The molecule has 0 amide bonds. The zero-order chi connectivity index (χ0) is 22.3. The van der Waals surface area contributed by atoms with Crippen molar-refractivity contribution in [3.63, 3.8) is 0 Å². The molecule has 0 aliphatic carbocycles. The number of carbonyl (C=O) groups is 2. The topological polar surface area (TPSA) is 78.6 Å². The minimum atomic E-state index is -0.488. The highest BCUT2D eigenvalue weighted by Gasteiger charge is 2.21. The van der Waals surface area contributed by atoms with E-state index < -0.39 is 5.60 Å². The molecular formula is C24H33NO5. The van der Waals surface area contributed by atoms with Crippen LogP contribution in [0.3, 0.4) is 0 Å². The lowest BCUT2D eigenvalue weighted by molar-refractivity contribution is -0.159. The second kappa shape index (κ2) is 10.4. The number of Topliss-reactive ketones (excluding diaryl/α,β-unsaturated/α-hetero) is 1. The monoisotopic (exact) mass is 415 g/mol. The molecular weight excluding hydrogens is 382 g/mol. The van der Waals surface area contributed by atoms with E-state index in [-0.39, 0.29) is 17.7 Å². The molecule has 0 saturated heterocycles. The van der Waals surface area contributed by atoms with Crippen LogP contribution in [0.2, 0.25) is 0 Å². The van der Waals surface area contributed by atoms with Gasteiger partial charge in [0.05, 0.1) is 18.2 Å². The Balaban J connectivity index is 1.74. The van der Waals surface area contributed by atoms with Gasteiger partial charge >= 0.3 is 5.97 Å². The second-order valence-corrected chi connectivity index (χ2v) is 8.61. The first-order valence-electron chi connectivity index (χ1n) is 10.5. The van der Waals surface area contributed by atoms with Crippen LogP contribution < -0.4 is 4.74 Å². The Morgan fingerprint density at radius 3 is 2.37 bits per heavy atom. The van der Waals surface area contributed by atoms with Crippen LogP contribution in [-0.2, 0) is 16.0 Å². The number of hydrogen-bond donors (Lipinski definition) is 0. The van der Waals surface area contributed by atoms with E-state index in [2.05, 4.69) is 4.98 Å². The number of esters is 1. The summed E-state index contributed by atoms with van der Waals surface area (Å²) in [7, 11) is 0. The first kappa shape index (κ1) is 23.6. The van der Waals surface area contributed by atoms with E-state index in [1.807, 2.05) is 41.5 Å². The van der Waals surface area contributed by atoms with Crippen molar-refractivity contribution in [3.8, 4) is 5.75 Å². The van der Waals surface area contributed by atoms with Crippen LogP contribution in [0.4, 0.5) is 0 Å². The smallest absolute Gasteiger partial charge is 0.309 e. The second-order valence-electron chi connectivity index (χ2n) is 8.61. The summed E-state index contributed by atoms with van der Waals surface area (Å²) in [6.45, 7) is 11.6. The van der Waals surface area contributed by atoms with Crippen molar-refractivity contribution >= 4 is 11.8 Å². The number of aromatic nitrogens is 1. The number of aryl methyl sites for hydroxylation is 2. The van der Waals surface area contributed by atoms with Crippen molar-refractivity contribution in [2.24, 2.45) is 5.92 Å². The minimum absolute atomic E-state index is 0.0617. The highest BCUT2D eigenvalue weighted by Crippen LogP contribution is 2.18. The van der Waals surface area contributed by atoms with E-state index >= 15 is 0 Å². The Kier molecular flexibility index (Phi) is 8.21. The highest BCUT2D eigenvalue weighted by molar-refractivity contribution is 5.96. The molecule has 0 spiro atoms. The summed E-state index contributed by atoms with van der Waals surface area (Å²) in [6, 6.07) is 7.16. The summed E-state index contributed by atoms with van der Waals surface area (Å²) in [5.74, 6) is 1.82. The third-order valence-electron chi connectivity index (χ3n) is 4.63. The highest BCUT2D eigenvalue weighted by atomic mass is 16.6. The Morgan fingerprint density at radius 2 is 1.80 bits per heavy atom. The fourth-order valence-corrected chi connectivity index (χ4v) is 3.04. The van der Waals surface area contributed by atoms with Gasteiger partial charge in [0.1, 0.15) is 17.1 Å². The van der Waals surface area contributed by atoms with Gasteiger partial charge in [0, 0.05) is 25.3 Å². The summed E-state index contributed by atoms with van der Waals surface area (Å²) in [4.78, 5) is 28.7. The molecule has 0 fully saturated rings. The Hall–Kier alpha value is -2.63. The molecule has 0 saturated carbocycles. The largest absolute Gasteiger partial charge is 0.493 e. The van der Waals surface area contributed by atoms with E-state index in [4.69, 9.17) is 13.9 Å². The molecule has 2 rings (SSSR count). The molecule has 1 heterocycles. The molecule has 1 aromatic carbocycles. The normalized spacial score (nSPS) is 12.5. The van der Waals surface area contributed by atoms with Crippen LogP contribution in [-0.4, -0.2) is 28.9 Å². The average Bonchev–Trinajstić information content (AvgIpc) is 2.98. The molecule has 0 bridgehead atoms. The molecule has 1 aromatic heterocycles. The molecule has 0 aliphatic rings. The molecule has 2 aromatic rings. The summed E-state index contributed by atoms with van der Waals surface area (Å²) < 4.78 is 16.5. The van der Waals surface area contributed by atoms with Gasteiger partial charge in [-0.3, -0.25) is 9.59 Å². The Bertz CT molecular complexity index is 845. The predicted molar refractivity (Wildman–Crippen MR) is 115 cm³/mol. The van der Waals surface area contributed by atoms with E-state index in [0.29, 0.717) is 49.5 Å². The maximum Gasteiger partial charge on any atom is 0.309 e. The van der Waals surface area contributed by atoms with Gasteiger partial charge in [0.15, 0.2) is 11.7 Å². The van der Waals surface area contributed by atoms with E-state index in [1.165, 1.54) is 0 Å². The third-order valence-corrected chi connectivity index (χ3v) is 4.63. The molecule has 30 heavy (non-hydrogen) atoms. The lowest BCUT2D eigenvalue weighted by atomic mass is 10.00. The molecule has 0 unspecified atom stereocenters. The van der Waals surface area contributed by atoms with Crippen LogP contribution in [0.5, 0.6) is 5.75 Å². The summed E-state index contributed by atoms with van der Waals surface area (Å²) in [6.07, 6.45) is 2.34. The molecule has 164 valence electrons. The zero-order valence-electron chi connectivity index (χ0n) is 18.9. The lowest BCUT2D eigenvalue weighted by Gasteiger charge is -2.22. The number of oxazole rings is 1. The molecule has 0 aliphatic heterocycles. The van der Waals surface area contributed by atoms with Gasteiger partial charge in [0.2, 0.25) is 0 Å². The Labute approximate surface area is 179 Å². The molecule has 1 atom stereocenters. The predicted octanol–water partition coefficient (Wildman–Crippen LogP) is 5.24. The fraction of sp³-hybridized carbons (Fsp3) is 0.542. The zero-order valence-corrected chi connectivity index (χ0v) is 18.9. The average molecular weight is 416 g/mol. The summed E-state index contributed by atoms with van der Waals surface area (Å²) in [5.41, 5.74) is 1.06. The van der Waals surface area contributed by atoms with Gasteiger partial charge in [-0.25, -0.2) is 4.98 Å². The van der Waals surface area contributed by atoms with Crippen LogP contribution in [0.25, 0.3) is 0 Å². The molecule has 0 N–H and O–H groups in total. The number of carbonyl (C=O) groups excluding carboxylic acids is 2. The fourth-order valence-electron chi connectivity index (χ4n) is 3.04. The number of ether oxygens (including phenoxy) is 2. The van der Waals surface area contributed by atoms with E-state index in [9.17, 15) is 9.59 Å². The van der Waals surface area contributed by atoms with Gasteiger partial charge in [-0.1, -0.05) is 6.92 Å². The Morgan fingerprint density at radius 1 is 1.13 bits per heavy atom. The van der Waals surface area contributed by atoms with Crippen molar-refractivity contribution in [1.29, 1.82) is 0 Å². The van der Waals surface area contributed by atoms with Gasteiger partial charge in [-0.15, -0.1) is 0 Å². The van der Waals surface area contributed by atoms with E-state index in [0.717, 1.165) is 11.5 Å². The maximum atomic E-state index is 12.4. The number of ketones is 1. The number of benzene rings is 1. The third kappa shape index (κ3) is 7.65. The SMILES string of the molecule is Cc1nc(CCOc2ccc(C(=O)CCC[C@H](C)C(=O)OC(C)(C)C)cc2)c(C)o1. The first-order valence-corrected chi connectivity index (χ1v) is 10.5. The van der Waals surface area contributed by atoms with Crippen LogP contribution in [0.1, 0.15) is 74.7 Å². The summed E-state index contributed by atoms with van der Waals surface area (Å²) >= 11 is 0. The minimum Gasteiger partial charge on any atom is -0.493 e. The van der Waals surface area contributed by atoms with Crippen LogP contribution in [0.15, 0.2) is 28.7 Å². The molecule has 6 heteroatoms. The van der Waals surface area contributed by atoms with Crippen LogP contribution in [0, 0.1) is 19.8 Å². The first-order chi connectivity index (χ1) is 14.0. The van der Waals surface area contributed by atoms with Gasteiger partial charge in [-0.05, 0) is 64.8 Å². The lowest BCUT2D eigenvalue weighted by Crippen LogP contribution is -2.27. The van der Waals surface area contributed by atoms with Crippen molar-refractivity contribution in [1.82, 2.24) is 4.98 Å². The van der Waals surface area contributed by atoms with Crippen molar-refractivity contribution < 1.29 is 23.5 Å². The summed E-state index contributed by atoms with van der Waals surface area (Å²) in [5, 5.41) is 0. The van der Waals surface area contributed by atoms with Gasteiger partial charge in [-0.2, -0.15) is 0 Å². The van der Waals surface area contributed by atoms with Crippen molar-refractivity contribution in [2.75, 3.05) is 6.61 Å². The van der Waals surface area contributed by atoms with Gasteiger partial charge < -0.3 is 13.9 Å². The quantitative estimate of drug-likeness (QED) is 0.390.